The molecule has 0 aromatic heterocycles. The van der Waals surface area contributed by atoms with Crippen LogP contribution < -0.4 is 15.5 Å². The van der Waals surface area contributed by atoms with Gasteiger partial charge in [0.2, 0.25) is 0 Å². The van der Waals surface area contributed by atoms with Crippen LogP contribution >= 0.6 is 0 Å². The zero-order chi connectivity index (χ0) is 21.5. The van der Waals surface area contributed by atoms with E-state index < -0.39 is 17.8 Å². The number of carbonyl (C=O) groups is 3. The highest BCUT2D eigenvalue weighted by Crippen LogP contribution is 2.30. The maximum absolute atomic E-state index is 12.5. The van der Waals surface area contributed by atoms with Crippen molar-refractivity contribution in [3.63, 3.8) is 0 Å². The van der Waals surface area contributed by atoms with E-state index in [1.165, 1.54) is 7.11 Å². The summed E-state index contributed by atoms with van der Waals surface area (Å²) in [5.74, 6) is -1.96. The van der Waals surface area contributed by atoms with Crippen molar-refractivity contribution in [3.05, 3.63) is 23.8 Å². The summed E-state index contributed by atoms with van der Waals surface area (Å²) in [5, 5.41) is 5.37. The number of methoxy groups -OCH3 is 1. The quantitative estimate of drug-likeness (QED) is 0.522. The molecule has 2 aliphatic rings. The van der Waals surface area contributed by atoms with Gasteiger partial charge in [0.05, 0.1) is 37.3 Å². The first-order chi connectivity index (χ1) is 14.5. The third-order valence-corrected chi connectivity index (χ3v) is 5.55. The standard InChI is InChI=1S/C21H30N4O5/c1-15(24-9-11-30-12-10-24)14-22-19(26)20(27)23-17-13-16(21(28)29-2)5-6-18(17)25-7-3-4-8-25/h5-6,13,15H,3-4,7-12,14H2,1-2H3,(H,22,26)(H,23,27)/t15-/m1/s1. The van der Waals surface area contributed by atoms with E-state index in [9.17, 15) is 14.4 Å². The molecule has 0 unspecified atom stereocenters. The molecule has 3 rings (SSSR count). The van der Waals surface area contributed by atoms with Gasteiger partial charge >= 0.3 is 17.8 Å². The van der Waals surface area contributed by atoms with E-state index in [2.05, 4.69) is 20.4 Å². The second-order valence-corrected chi connectivity index (χ2v) is 7.58. The predicted octanol–water partition coefficient (Wildman–Crippen LogP) is 0.849. The number of rotatable bonds is 6. The lowest BCUT2D eigenvalue weighted by Gasteiger charge is -2.32. The van der Waals surface area contributed by atoms with Crippen LogP contribution in [0.15, 0.2) is 18.2 Å². The zero-order valence-electron chi connectivity index (χ0n) is 17.6. The molecule has 9 heteroatoms. The molecule has 0 aliphatic carbocycles. The smallest absolute Gasteiger partial charge is 0.337 e. The van der Waals surface area contributed by atoms with Gasteiger partial charge in [-0.1, -0.05) is 0 Å². The monoisotopic (exact) mass is 418 g/mol. The van der Waals surface area contributed by atoms with Crippen LogP contribution in [0.3, 0.4) is 0 Å². The van der Waals surface area contributed by atoms with Crippen LogP contribution in [0.25, 0.3) is 0 Å². The summed E-state index contributed by atoms with van der Waals surface area (Å²) < 4.78 is 10.1. The first-order valence-corrected chi connectivity index (χ1v) is 10.4. The number of morpholine rings is 1. The van der Waals surface area contributed by atoms with Crippen LogP contribution in [0, 0.1) is 0 Å². The maximum Gasteiger partial charge on any atom is 0.337 e. The fourth-order valence-electron chi connectivity index (χ4n) is 3.76. The molecule has 9 nitrogen and oxygen atoms in total. The van der Waals surface area contributed by atoms with Crippen molar-refractivity contribution in [1.82, 2.24) is 10.2 Å². The van der Waals surface area contributed by atoms with E-state index in [0.29, 0.717) is 31.0 Å². The van der Waals surface area contributed by atoms with Crippen LogP contribution in [0.4, 0.5) is 11.4 Å². The van der Waals surface area contributed by atoms with Gasteiger partial charge in [0.1, 0.15) is 0 Å². The Balaban J connectivity index is 1.64. The van der Waals surface area contributed by atoms with Crippen LogP contribution in [-0.2, 0) is 19.1 Å². The average Bonchev–Trinajstić information content (AvgIpc) is 3.31. The Hall–Kier alpha value is -2.65. The number of benzene rings is 1. The van der Waals surface area contributed by atoms with E-state index in [1.54, 1.807) is 18.2 Å². The Morgan fingerprint density at radius 3 is 2.47 bits per heavy atom. The van der Waals surface area contributed by atoms with E-state index in [0.717, 1.165) is 44.7 Å². The van der Waals surface area contributed by atoms with Gasteiger partial charge in [0.15, 0.2) is 0 Å². The first-order valence-electron chi connectivity index (χ1n) is 10.4. The molecule has 0 bridgehead atoms. The molecule has 164 valence electrons. The van der Waals surface area contributed by atoms with Gasteiger partial charge in [-0.05, 0) is 38.0 Å². The molecule has 30 heavy (non-hydrogen) atoms. The van der Waals surface area contributed by atoms with Crippen molar-refractivity contribution >= 4 is 29.2 Å². The van der Waals surface area contributed by atoms with Crippen molar-refractivity contribution < 1.29 is 23.9 Å². The topological polar surface area (TPSA) is 100 Å². The van der Waals surface area contributed by atoms with Gasteiger partial charge in [-0.15, -0.1) is 0 Å². The minimum atomic E-state index is -0.758. The molecule has 2 fully saturated rings. The number of anilines is 2. The van der Waals surface area contributed by atoms with Crippen LogP contribution in [0.1, 0.15) is 30.1 Å². The van der Waals surface area contributed by atoms with Crippen LogP contribution in [0.5, 0.6) is 0 Å². The van der Waals surface area contributed by atoms with Crippen molar-refractivity contribution in [2.45, 2.75) is 25.8 Å². The third kappa shape index (κ3) is 5.48. The van der Waals surface area contributed by atoms with E-state index >= 15 is 0 Å². The van der Waals surface area contributed by atoms with Gasteiger partial charge < -0.3 is 25.0 Å². The normalized spacial score (nSPS) is 18.0. The Morgan fingerprint density at radius 1 is 1.10 bits per heavy atom. The minimum absolute atomic E-state index is 0.105. The number of esters is 1. The molecular weight excluding hydrogens is 388 g/mol. The molecule has 2 saturated heterocycles. The molecule has 0 radical (unpaired) electrons. The summed E-state index contributed by atoms with van der Waals surface area (Å²) in [6, 6.07) is 5.11. The van der Waals surface area contributed by atoms with Gasteiger partial charge in [0.25, 0.3) is 0 Å². The van der Waals surface area contributed by atoms with Crippen molar-refractivity contribution in [2.75, 3.05) is 63.3 Å². The van der Waals surface area contributed by atoms with Crippen LogP contribution in [0.2, 0.25) is 0 Å². The Labute approximate surface area is 176 Å². The molecule has 2 amide bonds. The molecule has 0 spiro atoms. The van der Waals surface area contributed by atoms with E-state index in [1.807, 2.05) is 6.92 Å². The molecule has 0 saturated carbocycles. The number of ether oxygens (including phenoxy) is 2. The highest BCUT2D eigenvalue weighted by Gasteiger charge is 2.23. The summed E-state index contributed by atoms with van der Waals surface area (Å²) in [5.41, 5.74) is 1.54. The van der Waals surface area contributed by atoms with Crippen molar-refractivity contribution in [2.24, 2.45) is 0 Å². The highest BCUT2D eigenvalue weighted by molar-refractivity contribution is 6.40. The Morgan fingerprint density at radius 2 is 1.80 bits per heavy atom. The third-order valence-electron chi connectivity index (χ3n) is 5.55. The molecule has 1 aromatic rings. The van der Waals surface area contributed by atoms with Gasteiger partial charge in [-0.3, -0.25) is 14.5 Å². The van der Waals surface area contributed by atoms with Gasteiger partial charge in [-0.2, -0.15) is 0 Å². The number of nitrogens with zero attached hydrogens (tertiary/aromatic N) is 2. The van der Waals surface area contributed by atoms with E-state index in [4.69, 9.17) is 9.47 Å². The lowest BCUT2D eigenvalue weighted by molar-refractivity contribution is -0.136. The van der Waals surface area contributed by atoms with Gasteiger partial charge in [0, 0.05) is 38.8 Å². The Bertz CT molecular complexity index is 773. The molecule has 2 N–H and O–H groups in total. The number of nitrogens with one attached hydrogen (secondary N) is 2. The SMILES string of the molecule is COC(=O)c1ccc(N2CCCC2)c(NC(=O)C(=O)NC[C@@H](C)N2CCOCC2)c1. The lowest BCUT2D eigenvalue weighted by atomic mass is 10.1. The second kappa shape index (κ2) is 10.4. The summed E-state index contributed by atoms with van der Waals surface area (Å²) in [6.45, 7) is 7.07. The molecule has 1 atom stereocenters. The first kappa shape index (κ1) is 22.0. The number of carbonyl (C=O) groups excluding carboxylic acids is 3. The van der Waals surface area contributed by atoms with Crippen molar-refractivity contribution in [1.29, 1.82) is 0 Å². The summed E-state index contributed by atoms with van der Waals surface area (Å²) in [7, 11) is 1.30. The molecule has 1 aromatic carbocycles. The molecule has 2 heterocycles. The summed E-state index contributed by atoms with van der Waals surface area (Å²) in [6.07, 6.45) is 2.12. The minimum Gasteiger partial charge on any atom is -0.465 e. The van der Waals surface area contributed by atoms with Crippen LogP contribution in [-0.4, -0.2) is 81.8 Å². The highest BCUT2D eigenvalue weighted by atomic mass is 16.5. The summed E-state index contributed by atoms with van der Waals surface area (Å²) >= 11 is 0. The summed E-state index contributed by atoms with van der Waals surface area (Å²) in [4.78, 5) is 41.2. The Kier molecular flexibility index (Phi) is 7.64. The number of hydrogen-bond donors (Lipinski definition) is 2. The van der Waals surface area contributed by atoms with E-state index in [-0.39, 0.29) is 6.04 Å². The predicted molar refractivity (Wildman–Crippen MR) is 113 cm³/mol. The van der Waals surface area contributed by atoms with Gasteiger partial charge in [-0.25, -0.2) is 4.79 Å². The molecule has 2 aliphatic heterocycles. The lowest BCUT2D eigenvalue weighted by Crippen LogP contribution is -2.48. The number of hydrogen-bond acceptors (Lipinski definition) is 7. The van der Waals surface area contributed by atoms with Crippen molar-refractivity contribution in [3.8, 4) is 0 Å². The molecular formula is C21H30N4O5. The maximum atomic E-state index is 12.5. The fourth-order valence-corrected chi connectivity index (χ4v) is 3.76. The zero-order valence-corrected chi connectivity index (χ0v) is 17.6. The average molecular weight is 418 g/mol. The largest absolute Gasteiger partial charge is 0.465 e. The fraction of sp³-hybridized carbons (Fsp3) is 0.571. The number of amides is 2. The second-order valence-electron chi connectivity index (χ2n) is 7.58.